The van der Waals surface area contributed by atoms with Gasteiger partial charge in [0.25, 0.3) is 5.56 Å². The van der Waals surface area contributed by atoms with E-state index in [9.17, 15) is 14.4 Å². The van der Waals surface area contributed by atoms with Crippen LogP contribution in [0.15, 0.2) is 17.1 Å². The minimum Gasteiger partial charge on any atom is -0.394 e. The highest BCUT2D eigenvalue weighted by atomic mass is 16.2. The van der Waals surface area contributed by atoms with Gasteiger partial charge in [-0.25, -0.2) is 0 Å². The minimum atomic E-state index is -0.665. The smallest absolute Gasteiger partial charge is 0.274 e. The Labute approximate surface area is 164 Å². The fourth-order valence-corrected chi connectivity index (χ4v) is 3.69. The van der Waals surface area contributed by atoms with Gasteiger partial charge in [-0.1, -0.05) is 12.8 Å². The first-order valence-corrected chi connectivity index (χ1v) is 9.88. The van der Waals surface area contributed by atoms with Gasteiger partial charge in [0.1, 0.15) is 11.7 Å². The van der Waals surface area contributed by atoms with Gasteiger partial charge in [0.05, 0.1) is 6.04 Å². The van der Waals surface area contributed by atoms with E-state index in [0.29, 0.717) is 43.0 Å². The monoisotopic (exact) mass is 387 g/mol. The van der Waals surface area contributed by atoms with Gasteiger partial charge in [-0.15, -0.1) is 0 Å². The Morgan fingerprint density at radius 3 is 2.64 bits per heavy atom. The lowest BCUT2D eigenvalue weighted by Crippen LogP contribution is -2.46. The number of aryl methyl sites for hydroxylation is 1. The average molecular weight is 387 g/mol. The number of nitrogen functional groups attached to an aromatic ring is 1. The van der Waals surface area contributed by atoms with Crippen LogP contribution in [0.1, 0.15) is 50.6 Å². The van der Waals surface area contributed by atoms with Gasteiger partial charge < -0.3 is 26.3 Å². The van der Waals surface area contributed by atoms with Crippen LogP contribution in [0.5, 0.6) is 0 Å². The van der Waals surface area contributed by atoms with Crippen molar-refractivity contribution in [3.8, 4) is 0 Å². The van der Waals surface area contributed by atoms with E-state index in [0.717, 1.165) is 12.8 Å². The molecule has 0 radical (unpaired) electrons. The van der Waals surface area contributed by atoms with Crippen LogP contribution in [0.4, 0.5) is 5.69 Å². The molecule has 0 bridgehead atoms. The van der Waals surface area contributed by atoms with Crippen LogP contribution in [0.3, 0.4) is 0 Å². The molecule has 2 aliphatic rings. The first kappa shape index (κ1) is 20.1. The number of nitrogens with one attached hydrogen (secondary N) is 3. The molecule has 2 fully saturated rings. The zero-order chi connectivity index (χ0) is 20.4. The van der Waals surface area contributed by atoms with E-state index < -0.39 is 12.1 Å². The lowest BCUT2D eigenvalue weighted by atomic mass is 9.95. The molecular formula is C20H29N5O3. The second-order valence-corrected chi connectivity index (χ2v) is 8.08. The van der Waals surface area contributed by atoms with Crippen LogP contribution in [-0.2, 0) is 9.59 Å². The number of nitrogens with two attached hydrogens (primary N) is 1. The number of anilines is 1. The lowest BCUT2D eigenvalue weighted by Gasteiger charge is -2.25. The molecule has 1 aromatic rings. The van der Waals surface area contributed by atoms with E-state index in [4.69, 9.17) is 11.1 Å². The number of rotatable bonds is 8. The van der Waals surface area contributed by atoms with Gasteiger partial charge in [-0.3, -0.25) is 14.4 Å². The van der Waals surface area contributed by atoms with E-state index >= 15 is 0 Å². The lowest BCUT2D eigenvalue weighted by molar-refractivity contribution is -0.126. The summed E-state index contributed by atoms with van der Waals surface area (Å²) in [6, 6.07) is 0.551. The topological polar surface area (TPSA) is 130 Å². The maximum absolute atomic E-state index is 13.1. The van der Waals surface area contributed by atoms with Crippen molar-refractivity contribution in [3.05, 3.63) is 28.2 Å². The van der Waals surface area contributed by atoms with Crippen molar-refractivity contribution in [1.29, 1.82) is 5.41 Å². The van der Waals surface area contributed by atoms with Crippen LogP contribution in [0.25, 0.3) is 0 Å². The van der Waals surface area contributed by atoms with E-state index in [1.165, 1.54) is 4.57 Å². The number of amides is 2. The zero-order valence-corrected chi connectivity index (χ0v) is 16.5. The largest absolute Gasteiger partial charge is 0.394 e. The maximum atomic E-state index is 13.1. The van der Waals surface area contributed by atoms with Crippen LogP contribution >= 0.6 is 0 Å². The highest BCUT2D eigenvalue weighted by Crippen LogP contribution is 2.36. The Balaban J connectivity index is 1.80. The second-order valence-electron chi connectivity index (χ2n) is 8.08. The first-order valence-electron chi connectivity index (χ1n) is 9.88. The maximum Gasteiger partial charge on any atom is 0.274 e. The Hall–Kier alpha value is -2.64. The summed E-state index contributed by atoms with van der Waals surface area (Å²) in [5.74, 6) is -0.111. The molecule has 1 saturated heterocycles. The average Bonchev–Trinajstić information content (AvgIpc) is 3.38. The molecule has 1 aliphatic carbocycles. The Morgan fingerprint density at radius 1 is 1.36 bits per heavy atom. The summed E-state index contributed by atoms with van der Waals surface area (Å²) in [5.41, 5.74) is 6.67. The molecule has 0 aromatic carbocycles. The summed E-state index contributed by atoms with van der Waals surface area (Å²) in [7, 11) is 0. The number of hydrogen-bond donors (Lipinski definition) is 4. The van der Waals surface area contributed by atoms with Crippen molar-refractivity contribution >= 4 is 23.2 Å². The molecule has 2 amide bonds. The summed E-state index contributed by atoms with van der Waals surface area (Å²) < 4.78 is 1.41. The summed E-state index contributed by atoms with van der Waals surface area (Å²) in [5, 5.41) is 13.7. The SMILES string of the molecule is CC(=N)[C@H](C[C@@H]1CCNC1=O)NC(=O)[C@H](CC1CC1)n1ccc(C)c(N)c1=O. The van der Waals surface area contributed by atoms with Gasteiger partial charge in [0, 0.05) is 24.4 Å². The van der Waals surface area contributed by atoms with Crippen LogP contribution in [-0.4, -0.2) is 34.7 Å². The van der Waals surface area contributed by atoms with Gasteiger partial charge >= 0.3 is 0 Å². The Bertz CT molecular complexity index is 843. The molecule has 3 rings (SSSR count). The standard InChI is InChI=1S/C20H29N5O3/c1-11-6-8-25(20(28)17(11)22)16(9-13-3-4-13)19(27)24-15(12(2)21)10-14-5-7-23-18(14)26/h6,8,13-16,21H,3-5,7,9-10,22H2,1-2H3,(H,23,26)(H,24,27)/t14-,15-,16-/m0/s1. The predicted octanol–water partition coefficient (Wildman–Crippen LogP) is 1.13. The third kappa shape index (κ3) is 4.43. The fraction of sp³-hybridized carbons (Fsp3) is 0.600. The van der Waals surface area contributed by atoms with E-state index in [2.05, 4.69) is 10.6 Å². The van der Waals surface area contributed by atoms with Crippen molar-refractivity contribution in [2.24, 2.45) is 11.8 Å². The van der Waals surface area contributed by atoms with Crippen molar-refractivity contribution < 1.29 is 9.59 Å². The molecular weight excluding hydrogens is 358 g/mol. The van der Waals surface area contributed by atoms with Gasteiger partial charge in [-0.05, 0) is 50.7 Å². The number of carbonyl (C=O) groups is 2. The van der Waals surface area contributed by atoms with Crippen molar-refractivity contribution in [2.75, 3.05) is 12.3 Å². The molecule has 152 valence electrons. The van der Waals surface area contributed by atoms with Gasteiger partial charge in [0.15, 0.2) is 0 Å². The van der Waals surface area contributed by atoms with E-state index in [-0.39, 0.29) is 29.0 Å². The first-order chi connectivity index (χ1) is 13.3. The number of pyridine rings is 1. The quantitative estimate of drug-likeness (QED) is 0.498. The highest BCUT2D eigenvalue weighted by Gasteiger charge is 2.34. The normalized spacial score (nSPS) is 21.1. The van der Waals surface area contributed by atoms with Crippen LogP contribution < -0.4 is 21.9 Å². The van der Waals surface area contributed by atoms with Gasteiger partial charge in [0.2, 0.25) is 11.8 Å². The van der Waals surface area contributed by atoms with E-state index in [1.807, 2.05) is 0 Å². The molecule has 1 saturated carbocycles. The molecule has 0 unspecified atom stereocenters. The van der Waals surface area contributed by atoms with Crippen LogP contribution in [0.2, 0.25) is 0 Å². The minimum absolute atomic E-state index is 0.0300. The molecule has 3 atom stereocenters. The predicted molar refractivity (Wildman–Crippen MR) is 107 cm³/mol. The summed E-state index contributed by atoms with van der Waals surface area (Å²) in [6.45, 7) is 4.02. The number of aromatic nitrogens is 1. The fourth-order valence-electron chi connectivity index (χ4n) is 3.69. The van der Waals surface area contributed by atoms with E-state index in [1.54, 1.807) is 26.1 Å². The molecule has 8 nitrogen and oxygen atoms in total. The number of nitrogens with zero attached hydrogens (tertiary/aromatic N) is 1. The molecule has 28 heavy (non-hydrogen) atoms. The molecule has 2 heterocycles. The Morgan fingerprint density at radius 2 is 2.07 bits per heavy atom. The summed E-state index contributed by atoms with van der Waals surface area (Å²) in [4.78, 5) is 37.6. The molecule has 5 N–H and O–H groups in total. The summed E-state index contributed by atoms with van der Waals surface area (Å²) in [6.07, 6.45) is 5.40. The molecule has 0 spiro atoms. The van der Waals surface area contributed by atoms with Crippen molar-refractivity contribution in [3.63, 3.8) is 0 Å². The van der Waals surface area contributed by atoms with Crippen molar-refractivity contribution in [1.82, 2.24) is 15.2 Å². The second kappa shape index (κ2) is 8.16. The molecule has 1 aromatic heterocycles. The van der Waals surface area contributed by atoms with Crippen molar-refractivity contribution in [2.45, 2.75) is 58.0 Å². The Kier molecular flexibility index (Phi) is 5.86. The third-order valence-corrected chi connectivity index (χ3v) is 5.79. The number of hydrogen-bond acceptors (Lipinski definition) is 5. The van der Waals surface area contributed by atoms with Gasteiger partial charge in [-0.2, -0.15) is 0 Å². The molecule has 1 aliphatic heterocycles. The zero-order valence-electron chi connectivity index (χ0n) is 16.5. The summed E-state index contributed by atoms with van der Waals surface area (Å²) >= 11 is 0. The van der Waals surface area contributed by atoms with Crippen LogP contribution in [0, 0.1) is 24.2 Å². The highest BCUT2D eigenvalue weighted by molar-refractivity contribution is 5.91. The number of carbonyl (C=O) groups excluding carboxylic acids is 2. The third-order valence-electron chi connectivity index (χ3n) is 5.79. The molecule has 8 heteroatoms.